The Morgan fingerprint density at radius 2 is 1.86 bits per heavy atom. The van der Waals surface area contributed by atoms with Crippen LogP contribution in [0.5, 0.6) is 0 Å². The zero-order chi connectivity index (χ0) is 19.5. The monoisotopic (exact) mass is 374 g/mol. The summed E-state index contributed by atoms with van der Waals surface area (Å²) in [5, 5.41) is 12.3. The van der Waals surface area contributed by atoms with Crippen molar-refractivity contribution in [3.63, 3.8) is 0 Å². The molecular weight excluding hydrogens is 352 g/mol. The van der Waals surface area contributed by atoms with Gasteiger partial charge in [0, 0.05) is 44.4 Å². The molecule has 0 atom stereocenters. The van der Waals surface area contributed by atoms with Gasteiger partial charge in [-0.15, -0.1) is 0 Å². The molecule has 0 fully saturated rings. The summed E-state index contributed by atoms with van der Waals surface area (Å²) in [5.41, 5.74) is 4.61. The summed E-state index contributed by atoms with van der Waals surface area (Å²) >= 11 is 0. The summed E-state index contributed by atoms with van der Waals surface area (Å²) in [6, 6.07) is 7.69. The molecule has 0 spiro atoms. The smallest absolute Gasteiger partial charge is 0.182 e. The van der Waals surface area contributed by atoms with Gasteiger partial charge in [0.15, 0.2) is 11.5 Å². The van der Waals surface area contributed by atoms with Crippen molar-refractivity contribution in [1.29, 1.82) is 0 Å². The second kappa shape index (κ2) is 7.59. The molecule has 0 aromatic carbocycles. The maximum Gasteiger partial charge on any atom is 0.182 e. The highest BCUT2D eigenvalue weighted by Gasteiger charge is 2.16. The number of pyridine rings is 2. The fraction of sp³-hybridized carbons (Fsp3) is 0.250. The van der Waals surface area contributed by atoms with Crippen LogP contribution in [0.2, 0.25) is 0 Å². The van der Waals surface area contributed by atoms with Crippen LogP contribution < -0.4 is 10.6 Å². The van der Waals surface area contributed by atoms with Gasteiger partial charge in [-0.05, 0) is 37.6 Å². The molecule has 0 saturated carbocycles. The lowest BCUT2D eigenvalue weighted by atomic mass is 10.2. The van der Waals surface area contributed by atoms with Crippen molar-refractivity contribution in [2.45, 2.75) is 13.8 Å². The highest BCUT2D eigenvalue weighted by Crippen LogP contribution is 2.26. The molecule has 4 aromatic heterocycles. The van der Waals surface area contributed by atoms with Gasteiger partial charge < -0.3 is 10.6 Å². The van der Waals surface area contributed by atoms with Gasteiger partial charge in [0.05, 0.1) is 11.1 Å². The van der Waals surface area contributed by atoms with E-state index < -0.39 is 0 Å². The third-order valence-corrected chi connectivity index (χ3v) is 4.51. The van der Waals surface area contributed by atoms with Crippen molar-refractivity contribution in [3.05, 3.63) is 54.1 Å². The summed E-state index contributed by atoms with van der Waals surface area (Å²) in [4.78, 5) is 17.9. The number of fused-ring (bicyclic) bond motifs is 1. The third kappa shape index (κ3) is 3.48. The highest BCUT2D eigenvalue weighted by molar-refractivity contribution is 5.90. The first-order valence-corrected chi connectivity index (χ1v) is 9.14. The molecule has 0 aliphatic heterocycles. The predicted octanol–water partition coefficient (Wildman–Crippen LogP) is 2.96. The van der Waals surface area contributed by atoms with Gasteiger partial charge in [0.25, 0.3) is 0 Å². The molecule has 0 aliphatic carbocycles. The summed E-state index contributed by atoms with van der Waals surface area (Å²) in [7, 11) is 1.89. The Morgan fingerprint density at radius 3 is 2.64 bits per heavy atom. The Kier molecular flexibility index (Phi) is 4.84. The van der Waals surface area contributed by atoms with Crippen LogP contribution in [0.1, 0.15) is 11.3 Å². The summed E-state index contributed by atoms with van der Waals surface area (Å²) in [6.45, 7) is 5.45. The summed E-state index contributed by atoms with van der Waals surface area (Å²) < 4.78 is 1.78. The average Bonchev–Trinajstić information content (AvgIpc) is 3.01. The fourth-order valence-electron chi connectivity index (χ4n) is 3.13. The molecular formula is C20H22N8. The molecule has 2 N–H and O–H groups in total. The molecule has 0 amide bonds. The number of anilines is 2. The normalized spacial score (nSPS) is 11.0. The van der Waals surface area contributed by atoms with Crippen LogP contribution >= 0.6 is 0 Å². The molecule has 8 heteroatoms. The van der Waals surface area contributed by atoms with Crippen molar-refractivity contribution >= 4 is 22.5 Å². The van der Waals surface area contributed by atoms with Gasteiger partial charge in [-0.2, -0.15) is 5.10 Å². The van der Waals surface area contributed by atoms with E-state index >= 15 is 0 Å². The Morgan fingerprint density at radius 1 is 1.00 bits per heavy atom. The molecule has 0 unspecified atom stereocenters. The minimum absolute atomic E-state index is 0.580. The van der Waals surface area contributed by atoms with E-state index in [-0.39, 0.29) is 0 Å². The van der Waals surface area contributed by atoms with Crippen LogP contribution in [0.4, 0.5) is 11.5 Å². The van der Waals surface area contributed by atoms with Crippen LogP contribution in [0, 0.1) is 13.8 Å². The lowest BCUT2D eigenvalue weighted by Gasteiger charge is -2.12. The molecule has 0 saturated heterocycles. The van der Waals surface area contributed by atoms with Crippen LogP contribution in [0.15, 0.2) is 42.9 Å². The summed E-state index contributed by atoms with van der Waals surface area (Å²) in [5.74, 6) is 1.35. The van der Waals surface area contributed by atoms with Crippen LogP contribution in [-0.2, 0) is 7.05 Å². The molecule has 142 valence electrons. The zero-order valence-corrected chi connectivity index (χ0v) is 16.1. The van der Waals surface area contributed by atoms with Gasteiger partial charge in [-0.25, -0.2) is 9.97 Å². The fourth-order valence-corrected chi connectivity index (χ4v) is 3.13. The molecule has 8 nitrogen and oxygen atoms in total. The van der Waals surface area contributed by atoms with E-state index in [4.69, 9.17) is 4.98 Å². The van der Waals surface area contributed by atoms with Gasteiger partial charge in [0.1, 0.15) is 11.5 Å². The lowest BCUT2D eigenvalue weighted by Crippen LogP contribution is -2.15. The minimum atomic E-state index is 0.580. The molecule has 4 aromatic rings. The molecule has 0 bridgehead atoms. The number of hydrogen-bond acceptors (Lipinski definition) is 7. The predicted molar refractivity (Wildman–Crippen MR) is 110 cm³/mol. The van der Waals surface area contributed by atoms with E-state index in [0.29, 0.717) is 12.4 Å². The van der Waals surface area contributed by atoms with Crippen molar-refractivity contribution in [2.75, 3.05) is 23.7 Å². The van der Waals surface area contributed by atoms with E-state index in [2.05, 4.69) is 30.7 Å². The van der Waals surface area contributed by atoms with Crippen molar-refractivity contribution in [3.8, 4) is 11.5 Å². The first kappa shape index (κ1) is 17.8. The first-order valence-electron chi connectivity index (χ1n) is 9.14. The van der Waals surface area contributed by atoms with Gasteiger partial charge in [0.2, 0.25) is 0 Å². The number of aryl methyl sites for hydroxylation is 3. The largest absolute Gasteiger partial charge is 0.383 e. The van der Waals surface area contributed by atoms with E-state index in [1.807, 2.05) is 51.4 Å². The number of nitrogens with zero attached hydrogens (tertiary/aromatic N) is 6. The zero-order valence-electron chi connectivity index (χ0n) is 16.1. The maximum absolute atomic E-state index is 4.73. The second-order valence-corrected chi connectivity index (χ2v) is 6.56. The van der Waals surface area contributed by atoms with Crippen molar-refractivity contribution in [2.24, 2.45) is 7.05 Å². The highest BCUT2D eigenvalue weighted by atomic mass is 15.3. The van der Waals surface area contributed by atoms with Gasteiger partial charge >= 0.3 is 0 Å². The Bertz CT molecular complexity index is 1100. The SMILES string of the molecule is Cc1cnccc1NCCNc1nc(-c2ccccn2)nc2c1c(C)nn2C. The number of nitrogens with one attached hydrogen (secondary N) is 2. The van der Waals surface area contributed by atoms with Crippen LogP contribution in [0.25, 0.3) is 22.6 Å². The standard InChI is InChI=1S/C20H22N8/c1-13-12-21-9-7-15(13)23-10-11-24-19-17-14(2)27-28(3)20(17)26-18(25-19)16-6-4-5-8-22-16/h4-9,12H,10-11H2,1-3H3,(H,21,23)(H,24,25,26). The number of aromatic nitrogens is 6. The lowest BCUT2D eigenvalue weighted by molar-refractivity contribution is 0.773. The number of hydrogen-bond donors (Lipinski definition) is 2. The minimum Gasteiger partial charge on any atom is -0.383 e. The first-order chi connectivity index (χ1) is 13.6. The van der Waals surface area contributed by atoms with E-state index in [0.717, 1.165) is 46.0 Å². The topological polar surface area (TPSA) is 93.4 Å². The maximum atomic E-state index is 4.73. The Balaban J connectivity index is 1.59. The van der Waals surface area contributed by atoms with Crippen molar-refractivity contribution < 1.29 is 0 Å². The summed E-state index contributed by atoms with van der Waals surface area (Å²) in [6.07, 6.45) is 5.38. The number of rotatable bonds is 6. The van der Waals surface area contributed by atoms with Gasteiger partial charge in [-0.3, -0.25) is 14.6 Å². The van der Waals surface area contributed by atoms with Crippen LogP contribution in [0.3, 0.4) is 0 Å². The molecule has 28 heavy (non-hydrogen) atoms. The molecule has 0 radical (unpaired) electrons. The molecule has 4 heterocycles. The van der Waals surface area contributed by atoms with Crippen molar-refractivity contribution in [1.82, 2.24) is 29.7 Å². The van der Waals surface area contributed by atoms with Crippen LogP contribution in [-0.4, -0.2) is 42.8 Å². The quantitative estimate of drug-likeness (QED) is 0.501. The molecule has 4 rings (SSSR count). The third-order valence-electron chi connectivity index (χ3n) is 4.51. The average molecular weight is 374 g/mol. The molecule has 0 aliphatic rings. The van der Waals surface area contributed by atoms with E-state index in [1.54, 1.807) is 17.1 Å². The second-order valence-electron chi connectivity index (χ2n) is 6.56. The van der Waals surface area contributed by atoms with Gasteiger partial charge in [-0.1, -0.05) is 6.07 Å². The Hall–Kier alpha value is -3.55. The van der Waals surface area contributed by atoms with E-state index in [1.165, 1.54) is 0 Å². The van der Waals surface area contributed by atoms with E-state index in [9.17, 15) is 0 Å². The Labute approximate surface area is 163 Å².